The number of hydrogen-bond donors (Lipinski definition) is 2. The Morgan fingerprint density at radius 1 is 1.31 bits per heavy atom. The van der Waals surface area contributed by atoms with Crippen LogP contribution >= 0.6 is 15.9 Å². The van der Waals surface area contributed by atoms with Crippen molar-refractivity contribution in [1.29, 1.82) is 0 Å². The summed E-state index contributed by atoms with van der Waals surface area (Å²) in [7, 11) is 0. The highest BCUT2D eigenvalue weighted by atomic mass is 79.9. The Bertz CT molecular complexity index is 530. The SMILES string of the molecule is CCNCCNC1=c2cc(Br)ccc2=[N+]=C1. The van der Waals surface area contributed by atoms with Crippen molar-refractivity contribution in [3.05, 3.63) is 33.2 Å². The molecule has 0 fully saturated rings. The van der Waals surface area contributed by atoms with Crippen molar-refractivity contribution < 1.29 is 0 Å². The molecule has 1 aromatic rings. The molecule has 0 aliphatic carbocycles. The van der Waals surface area contributed by atoms with E-state index >= 15 is 0 Å². The summed E-state index contributed by atoms with van der Waals surface area (Å²) in [5.74, 6) is 0. The second-order valence-electron chi connectivity index (χ2n) is 3.61. The second kappa shape index (κ2) is 5.30. The molecule has 0 bridgehead atoms. The lowest BCUT2D eigenvalue weighted by Gasteiger charge is -2.02. The van der Waals surface area contributed by atoms with Gasteiger partial charge in [0.25, 0.3) is 0 Å². The number of nitrogens with zero attached hydrogens (tertiary/aromatic N) is 1. The molecule has 1 aliphatic heterocycles. The molecule has 0 aromatic heterocycles. The number of halogens is 1. The van der Waals surface area contributed by atoms with E-state index < -0.39 is 0 Å². The van der Waals surface area contributed by atoms with Crippen molar-refractivity contribution >= 4 is 27.8 Å². The van der Waals surface area contributed by atoms with Gasteiger partial charge in [0.1, 0.15) is 5.70 Å². The van der Waals surface area contributed by atoms with E-state index in [1.807, 2.05) is 18.3 Å². The fourth-order valence-electron chi connectivity index (χ4n) is 1.64. The first kappa shape index (κ1) is 11.4. The topological polar surface area (TPSA) is 38.2 Å². The zero-order valence-electron chi connectivity index (χ0n) is 9.26. The largest absolute Gasteiger partial charge is 0.377 e. The maximum atomic E-state index is 4.35. The van der Waals surface area contributed by atoms with E-state index in [0.29, 0.717) is 0 Å². The Hall–Kier alpha value is -1.09. The summed E-state index contributed by atoms with van der Waals surface area (Å²) in [6.45, 7) is 5.00. The van der Waals surface area contributed by atoms with Crippen molar-refractivity contribution in [2.45, 2.75) is 6.92 Å². The molecule has 1 aromatic carbocycles. The van der Waals surface area contributed by atoms with E-state index in [4.69, 9.17) is 0 Å². The zero-order valence-corrected chi connectivity index (χ0v) is 10.8. The Morgan fingerprint density at radius 3 is 3.00 bits per heavy atom. The summed E-state index contributed by atoms with van der Waals surface area (Å²) >= 11 is 3.48. The van der Waals surface area contributed by atoms with E-state index in [1.165, 1.54) is 5.22 Å². The molecule has 2 rings (SSSR count). The van der Waals surface area contributed by atoms with Crippen LogP contribution in [0.15, 0.2) is 22.7 Å². The zero-order chi connectivity index (χ0) is 11.4. The van der Waals surface area contributed by atoms with Crippen molar-refractivity contribution in [3.8, 4) is 0 Å². The van der Waals surface area contributed by atoms with Gasteiger partial charge in [0.05, 0.1) is 5.22 Å². The Labute approximate surface area is 103 Å². The molecular weight excluding hydrogens is 266 g/mol. The van der Waals surface area contributed by atoms with Crippen LogP contribution in [0.2, 0.25) is 0 Å². The lowest BCUT2D eigenvalue weighted by atomic mass is 10.2. The van der Waals surface area contributed by atoms with Crippen LogP contribution in [0.25, 0.3) is 5.70 Å². The predicted molar refractivity (Wildman–Crippen MR) is 70.6 cm³/mol. The predicted octanol–water partition coefficient (Wildman–Crippen LogP) is -0.472. The number of rotatable bonds is 5. The Balaban J connectivity index is 2.13. The number of hydrogen-bond acceptors (Lipinski definition) is 2. The van der Waals surface area contributed by atoms with Crippen LogP contribution in [0, 0.1) is 0 Å². The van der Waals surface area contributed by atoms with Crippen LogP contribution in [-0.2, 0) is 0 Å². The van der Waals surface area contributed by atoms with Gasteiger partial charge in [-0.15, -0.1) is 0 Å². The lowest BCUT2D eigenvalue weighted by Crippen LogP contribution is -2.32. The van der Waals surface area contributed by atoms with Crippen molar-refractivity contribution in [2.75, 3.05) is 19.6 Å². The average molecular weight is 281 g/mol. The minimum Gasteiger partial charge on any atom is -0.377 e. The van der Waals surface area contributed by atoms with Crippen molar-refractivity contribution in [3.63, 3.8) is 0 Å². The highest BCUT2D eigenvalue weighted by Gasteiger charge is 2.11. The van der Waals surface area contributed by atoms with Gasteiger partial charge in [0.2, 0.25) is 0 Å². The maximum absolute atomic E-state index is 4.35. The van der Waals surface area contributed by atoms with Crippen LogP contribution < -0.4 is 25.9 Å². The van der Waals surface area contributed by atoms with Gasteiger partial charge in [-0.3, -0.25) is 0 Å². The summed E-state index contributed by atoms with van der Waals surface area (Å²) in [6, 6.07) is 6.13. The molecule has 16 heavy (non-hydrogen) atoms. The molecule has 0 saturated heterocycles. The van der Waals surface area contributed by atoms with Crippen molar-refractivity contribution in [1.82, 2.24) is 15.3 Å². The minimum atomic E-state index is 0.918. The van der Waals surface area contributed by atoms with E-state index in [-0.39, 0.29) is 0 Å². The number of fused-ring (bicyclic) bond motifs is 1. The number of likely N-dealkylation sites (N-methyl/N-ethyl adjacent to an activating group) is 1. The summed E-state index contributed by atoms with van der Waals surface area (Å²) in [4.78, 5) is 0. The molecule has 0 atom stereocenters. The summed E-state index contributed by atoms with van der Waals surface area (Å²) in [5, 5.41) is 8.87. The minimum absolute atomic E-state index is 0.918. The highest BCUT2D eigenvalue weighted by Crippen LogP contribution is 2.02. The standard InChI is InChI=1S/C12H14BrN3/c1-2-14-5-6-15-12-8-16-11-4-3-9(13)7-10(11)12/h3-4,7-8,14H,2,5-6H2,1H3/p+1. The van der Waals surface area contributed by atoms with Gasteiger partial charge in [-0.1, -0.05) is 27.5 Å². The molecule has 84 valence electrons. The first-order valence-corrected chi connectivity index (χ1v) is 6.26. The molecule has 0 saturated carbocycles. The third kappa shape index (κ3) is 2.53. The highest BCUT2D eigenvalue weighted by molar-refractivity contribution is 9.10. The molecule has 1 heterocycles. The molecule has 4 heteroatoms. The molecule has 0 spiro atoms. The molecular formula is C12H15BrN3+. The van der Waals surface area contributed by atoms with Crippen LogP contribution in [0.3, 0.4) is 0 Å². The fourth-order valence-corrected chi connectivity index (χ4v) is 2.00. The first-order chi connectivity index (χ1) is 7.81. The molecule has 0 amide bonds. The number of nitrogens with one attached hydrogen (secondary N) is 2. The smallest absolute Gasteiger partial charge is 0.336 e. The van der Waals surface area contributed by atoms with E-state index in [0.717, 1.165) is 35.2 Å². The summed E-state index contributed by atoms with van der Waals surface area (Å²) in [5.41, 5.74) is 1.11. The van der Waals surface area contributed by atoms with Gasteiger partial charge < -0.3 is 10.6 Å². The summed E-state index contributed by atoms with van der Waals surface area (Å²) in [6.07, 6.45) is 1.89. The second-order valence-corrected chi connectivity index (χ2v) is 4.53. The van der Waals surface area contributed by atoms with Crippen LogP contribution in [-0.4, -0.2) is 25.8 Å². The van der Waals surface area contributed by atoms with Crippen LogP contribution in [0.5, 0.6) is 0 Å². The van der Waals surface area contributed by atoms with E-state index in [9.17, 15) is 0 Å². The van der Waals surface area contributed by atoms with Gasteiger partial charge in [-0.25, -0.2) is 0 Å². The maximum Gasteiger partial charge on any atom is 0.336 e. The molecule has 3 nitrogen and oxygen atoms in total. The Morgan fingerprint density at radius 2 is 2.19 bits per heavy atom. The lowest BCUT2D eigenvalue weighted by molar-refractivity contribution is 0.694. The first-order valence-electron chi connectivity index (χ1n) is 5.47. The van der Waals surface area contributed by atoms with Crippen LogP contribution in [0.1, 0.15) is 6.92 Å². The molecule has 0 radical (unpaired) electrons. The normalized spacial score (nSPS) is 12.5. The van der Waals surface area contributed by atoms with Crippen LogP contribution in [0.4, 0.5) is 0 Å². The quantitative estimate of drug-likeness (QED) is 0.565. The third-order valence-corrected chi connectivity index (χ3v) is 2.94. The molecule has 2 N–H and O–H groups in total. The van der Waals surface area contributed by atoms with E-state index in [1.54, 1.807) is 0 Å². The van der Waals surface area contributed by atoms with Gasteiger partial charge in [-0.2, -0.15) is 0 Å². The van der Waals surface area contributed by atoms with Crippen molar-refractivity contribution in [2.24, 2.45) is 0 Å². The fraction of sp³-hybridized carbons (Fsp3) is 0.333. The monoisotopic (exact) mass is 280 g/mol. The molecule has 1 aliphatic rings. The van der Waals surface area contributed by atoms with Gasteiger partial charge >= 0.3 is 11.6 Å². The van der Waals surface area contributed by atoms with Gasteiger partial charge in [0.15, 0.2) is 0 Å². The summed E-state index contributed by atoms with van der Waals surface area (Å²) < 4.78 is 5.44. The Kier molecular flexibility index (Phi) is 3.78. The third-order valence-electron chi connectivity index (χ3n) is 2.45. The van der Waals surface area contributed by atoms with E-state index in [2.05, 4.69) is 44.2 Å². The average Bonchev–Trinajstić information content (AvgIpc) is 2.67. The number of benzene rings is 1. The van der Waals surface area contributed by atoms with Gasteiger partial charge in [0, 0.05) is 23.6 Å². The molecule has 0 unspecified atom stereocenters. The van der Waals surface area contributed by atoms with Gasteiger partial charge in [-0.05, 0) is 18.7 Å².